The van der Waals surface area contributed by atoms with Gasteiger partial charge in [-0.2, -0.15) is 0 Å². The molecule has 1 amide bonds. The van der Waals surface area contributed by atoms with Crippen molar-refractivity contribution in [1.29, 1.82) is 0 Å². The van der Waals surface area contributed by atoms with Crippen LogP contribution in [0.3, 0.4) is 0 Å². The minimum atomic E-state index is -0.570. The zero-order valence-electron chi connectivity index (χ0n) is 17.8. The van der Waals surface area contributed by atoms with Crippen molar-refractivity contribution in [1.82, 2.24) is 14.9 Å². The molecule has 7 nitrogen and oxygen atoms in total. The molecule has 2 heterocycles. The third-order valence-electron chi connectivity index (χ3n) is 5.52. The summed E-state index contributed by atoms with van der Waals surface area (Å²) in [6.45, 7) is 6.04. The number of halogens is 1. The van der Waals surface area contributed by atoms with Crippen molar-refractivity contribution < 1.29 is 18.7 Å². The van der Waals surface area contributed by atoms with Gasteiger partial charge in [-0.3, -0.25) is 4.79 Å². The summed E-state index contributed by atoms with van der Waals surface area (Å²) in [6.07, 6.45) is 0.860. The van der Waals surface area contributed by atoms with Gasteiger partial charge in [-0.1, -0.05) is 18.2 Å². The average molecular weight is 424 g/mol. The van der Waals surface area contributed by atoms with Crippen LogP contribution in [0.4, 0.5) is 10.2 Å². The first kappa shape index (κ1) is 20.8. The van der Waals surface area contributed by atoms with Gasteiger partial charge >= 0.3 is 0 Å². The molecule has 3 aromatic rings. The van der Waals surface area contributed by atoms with Crippen LogP contribution in [0.5, 0.6) is 11.5 Å². The largest absolute Gasteiger partial charge is 0.494 e. The topological polar surface area (TPSA) is 67.8 Å². The van der Waals surface area contributed by atoms with E-state index in [4.69, 9.17) is 9.47 Å². The molecule has 31 heavy (non-hydrogen) atoms. The molecule has 1 atom stereocenters. The lowest BCUT2D eigenvalue weighted by Crippen LogP contribution is -2.52. The van der Waals surface area contributed by atoms with E-state index in [-0.39, 0.29) is 11.7 Å². The minimum Gasteiger partial charge on any atom is -0.494 e. The second-order valence-corrected chi connectivity index (χ2v) is 7.54. The lowest BCUT2D eigenvalue weighted by atomic mass is 10.2. The molecule has 1 unspecified atom stereocenters. The summed E-state index contributed by atoms with van der Waals surface area (Å²) in [4.78, 5) is 25.4. The molecule has 0 N–H and O–H groups in total. The van der Waals surface area contributed by atoms with E-state index in [0.29, 0.717) is 37.5 Å². The second kappa shape index (κ2) is 8.75. The maximum atomic E-state index is 14.0. The van der Waals surface area contributed by atoms with E-state index in [1.807, 2.05) is 36.1 Å². The van der Waals surface area contributed by atoms with E-state index in [9.17, 15) is 9.18 Å². The number of piperazine rings is 1. The Kier molecular flexibility index (Phi) is 5.88. The highest BCUT2D eigenvalue weighted by Crippen LogP contribution is 2.30. The number of ether oxygens (including phenoxy) is 2. The molecule has 0 radical (unpaired) electrons. The molecule has 1 fully saturated rings. The highest BCUT2D eigenvalue weighted by Gasteiger charge is 2.27. The summed E-state index contributed by atoms with van der Waals surface area (Å²) < 4.78 is 25.0. The fourth-order valence-corrected chi connectivity index (χ4v) is 3.78. The monoisotopic (exact) mass is 424 g/mol. The van der Waals surface area contributed by atoms with Gasteiger partial charge in [0.05, 0.1) is 12.6 Å². The number of carbonyl (C=O) groups excluding carboxylic acids is 1. The highest BCUT2D eigenvalue weighted by molar-refractivity contribution is 5.90. The Labute approximate surface area is 180 Å². The van der Waals surface area contributed by atoms with Gasteiger partial charge in [-0.05, 0) is 31.5 Å². The summed E-state index contributed by atoms with van der Waals surface area (Å²) in [5.74, 6) is 1.08. The van der Waals surface area contributed by atoms with Gasteiger partial charge in [0.15, 0.2) is 17.7 Å². The van der Waals surface area contributed by atoms with Crippen molar-refractivity contribution in [2.45, 2.75) is 20.0 Å². The number of aromatic nitrogens is 2. The Balaban J connectivity index is 1.45. The molecule has 0 bridgehead atoms. The van der Waals surface area contributed by atoms with Gasteiger partial charge in [0.2, 0.25) is 0 Å². The number of methoxy groups -OCH3 is 1. The minimum absolute atomic E-state index is 0.0424. The van der Waals surface area contributed by atoms with Crippen LogP contribution in [-0.2, 0) is 4.79 Å². The van der Waals surface area contributed by atoms with Gasteiger partial charge in [0.25, 0.3) is 5.91 Å². The molecule has 162 valence electrons. The molecule has 0 aliphatic carbocycles. The van der Waals surface area contributed by atoms with Crippen molar-refractivity contribution in [3.05, 3.63) is 54.1 Å². The van der Waals surface area contributed by atoms with Crippen LogP contribution >= 0.6 is 0 Å². The van der Waals surface area contributed by atoms with E-state index < -0.39 is 11.9 Å². The zero-order chi connectivity index (χ0) is 22.0. The van der Waals surface area contributed by atoms with Crippen molar-refractivity contribution in [3.8, 4) is 11.5 Å². The highest BCUT2D eigenvalue weighted by atomic mass is 19.1. The summed E-state index contributed by atoms with van der Waals surface area (Å²) in [5.41, 5.74) is 1.51. The molecule has 1 aromatic heterocycles. The lowest BCUT2D eigenvalue weighted by Gasteiger charge is -2.36. The predicted octanol–water partition coefficient (Wildman–Crippen LogP) is 3.20. The third-order valence-corrected chi connectivity index (χ3v) is 5.52. The molecule has 0 saturated carbocycles. The molecule has 8 heteroatoms. The number of aryl methyl sites for hydroxylation is 1. The van der Waals surface area contributed by atoms with E-state index >= 15 is 0 Å². The molecule has 4 rings (SSSR count). The first-order valence-electron chi connectivity index (χ1n) is 10.2. The van der Waals surface area contributed by atoms with Crippen molar-refractivity contribution in [3.63, 3.8) is 0 Å². The van der Waals surface area contributed by atoms with Crippen LogP contribution in [0.25, 0.3) is 10.9 Å². The number of nitrogens with zero attached hydrogens (tertiary/aromatic N) is 4. The number of fused-ring (bicyclic) bond motifs is 1. The summed E-state index contributed by atoms with van der Waals surface area (Å²) in [5, 5.41) is 0.719. The number of carbonyl (C=O) groups is 1. The van der Waals surface area contributed by atoms with Crippen molar-refractivity contribution in [2.24, 2.45) is 0 Å². The number of rotatable bonds is 5. The van der Waals surface area contributed by atoms with Crippen LogP contribution < -0.4 is 14.4 Å². The van der Waals surface area contributed by atoms with Crippen LogP contribution in [0, 0.1) is 12.7 Å². The number of amides is 1. The predicted molar refractivity (Wildman–Crippen MR) is 116 cm³/mol. The van der Waals surface area contributed by atoms with Gasteiger partial charge in [-0.25, -0.2) is 14.4 Å². The summed E-state index contributed by atoms with van der Waals surface area (Å²) >= 11 is 0. The Morgan fingerprint density at radius 3 is 2.55 bits per heavy atom. The SMILES string of the molecule is COc1cc2c(N3CCN(C(=O)C(C)Oc4ccccc4C)CC3)ncnc2cc1F. The third kappa shape index (κ3) is 4.23. The van der Waals surface area contributed by atoms with Gasteiger partial charge in [0, 0.05) is 37.6 Å². The Hall–Kier alpha value is -3.42. The van der Waals surface area contributed by atoms with Crippen LogP contribution in [0.1, 0.15) is 12.5 Å². The maximum absolute atomic E-state index is 14.0. The molecule has 2 aromatic carbocycles. The fourth-order valence-electron chi connectivity index (χ4n) is 3.78. The molecular formula is C23H25FN4O3. The van der Waals surface area contributed by atoms with Crippen LogP contribution in [0.2, 0.25) is 0 Å². The number of benzene rings is 2. The van der Waals surface area contributed by atoms with E-state index in [2.05, 4.69) is 14.9 Å². The second-order valence-electron chi connectivity index (χ2n) is 7.54. The summed E-state index contributed by atoms with van der Waals surface area (Å²) in [6, 6.07) is 10.6. The normalized spacial score (nSPS) is 15.1. The first-order chi connectivity index (χ1) is 15.0. The fraction of sp³-hybridized carbons (Fsp3) is 0.348. The van der Waals surface area contributed by atoms with Crippen molar-refractivity contribution >= 4 is 22.6 Å². The zero-order valence-corrected chi connectivity index (χ0v) is 17.8. The molecule has 1 aliphatic rings. The number of hydrogen-bond acceptors (Lipinski definition) is 6. The molecular weight excluding hydrogens is 399 g/mol. The number of anilines is 1. The lowest BCUT2D eigenvalue weighted by molar-refractivity contribution is -0.138. The maximum Gasteiger partial charge on any atom is 0.263 e. The first-order valence-corrected chi connectivity index (χ1v) is 10.2. The Morgan fingerprint density at radius 1 is 1.10 bits per heavy atom. The average Bonchev–Trinajstić information content (AvgIpc) is 2.79. The standard InChI is InChI=1S/C23H25FN4O3/c1-15-6-4-5-7-20(15)31-16(2)23(29)28-10-8-27(9-11-28)22-17-12-21(30-3)18(24)13-19(17)25-14-26-22/h4-7,12-14,16H,8-11H2,1-3H3. The summed E-state index contributed by atoms with van der Waals surface area (Å²) in [7, 11) is 1.43. The smallest absolute Gasteiger partial charge is 0.263 e. The van der Waals surface area contributed by atoms with Gasteiger partial charge in [-0.15, -0.1) is 0 Å². The Bertz CT molecular complexity index is 1100. The van der Waals surface area contributed by atoms with Crippen LogP contribution in [0.15, 0.2) is 42.7 Å². The van der Waals surface area contributed by atoms with Gasteiger partial charge in [0.1, 0.15) is 17.9 Å². The van der Waals surface area contributed by atoms with Gasteiger partial charge < -0.3 is 19.3 Å². The van der Waals surface area contributed by atoms with Crippen LogP contribution in [-0.4, -0.2) is 60.2 Å². The van der Waals surface area contributed by atoms with Crippen molar-refractivity contribution in [2.75, 3.05) is 38.2 Å². The number of para-hydroxylation sites is 1. The number of hydrogen-bond donors (Lipinski definition) is 0. The molecule has 1 saturated heterocycles. The van der Waals surface area contributed by atoms with E-state index in [1.165, 1.54) is 19.5 Å². The molecule has 1 aliphatic heterocycles. The molecule has 0 spiro atoms. The van der Waals surface area contributed by atoms with E-state index in [1.54, 1.807) is 13.0 Å². The van der Waals surface area contributed by atoms with E-state index in [0.717, 1.165) is 16.7 Å². The quantitative estimate of drug-likeness (QED) is 0.627. The Morgan fingerprint density at radius 2 is 1.84 bits per heavy atom.